The SMILES string of the molecule is COc1cc(C(=O)NCCO)ccc1Nc1ncc2c(n1)N(C1CCCC1)[C@@H]1CCC[C@@H]1C(=O)N2C. The average molecular weight is 495 g/mol. The van der Waals surface area contributed by atoms with Crippen molar-refractivity contribution in [3.63, 3.8) is 0 Å². The van der Waals surface area contributed by atoms with Crippen LogP contribution in [-0.2, 0) is 4.79 Å². The first-order valence-corrected chi connectivity index (χ1v) is 12.8. The number of rotatable bonds is 7. The minimum Gasteiger partial charge on any atom is -0.495 e. The minimum atomic E-state index is -0.291. The number of carbonyl (C=O) groups is 2. The van der Waals surface area contributed by atoms with Crippen LogP contribution in [0.1, 0.15) is 55.3 Å². The van der Waals surface area contributed by atoms with E-state index in [1.165, 1.54) is 20.0 Å². The van der Waals surface area contributed by atoms with Gasteiger partial charge >= 0.3 is 0 Å². The number of nitrogens with zero attached hydrogens (tertiary/aromatic N) is 4. The zero-order chi connectivity index (χ0) is 25.2. The van der Waals surface area contributed by atoms with E-state index in [2.05, 4.69) is 20.5 Å². The third-order valence-corrected chi connectivity index (χ3v) is 7.67. The molecule has 2 heterocycles. The number of nitrogens with one attached hydrogen (secondary N) is 2. The van der Waals surface area contributed by atoms with E-state index in [1.54, 1.807) is 29.3 Å². The standard InChI is InChI=1S/C26H34N6O4/c1-31-21-15-28-26(29-19-11-10-16(14-22(19)36-2)24(34)27-12-13-33)30-23(21)32(17-6-3-4-7-17)20-9-5-8-18(20)25(31)35/h10-11,14-15,17-18,20,33H,3-9,12-13H2,1-2H3,(H,27,34)(H,28,29,30)/t18-,20+/m0/s1. The number of fused-ring (bicyclic) bond motifs is 2. The number of hydrogen-bond donors (Lipinski definition) is 3. The number of methoxy groups -OCH3 is 1. The Kier molecular flexibility index (Phi) is 6.95. The van der Waals surface area contributed by atoms with Gasteiger partial charge in [-0.2, -0.15) is 4.98 Å². The fraction of sp³-hybridized carbons (Fsp3) is 0.538. The largest absolute Gasteiger partial charge is 0.495 e. The van der Waals surface area contributed by atoms with Crippen molar-refractivity contribution in [2.24, 2.45) is 5.92 Å². The van der Waals surface area contributed by atoms with E-state index in [0.717, 1.165) is 43.6 Å². The molecule has 0 spiro atoms. The summed E-state index contributed by atoms with van der Waals surface area (Å²) >= 11 is 0. The fourth-order valence-electron chi connectivity index (χ4n) is 5.89. The third-order valence-electron chi connectivity index (χ3n) is 7.67. The number of aromatic nitrogens is 2. The summed E-state index contributed by atoms with van der Waals surface area (Å²) in [7, 11) is 3.37. The maximum Gasteiger partial charge on any atom is 0.251 e. The number of amides is 2. The third kappa shape index (κ3) is 4.45. The summed E-state index contributed by atoms with van der Waals surface area (Å²) in [6.45, 7) is 0.0544. The van der Waals surface area contributed by atoms with E-state index in [9.17, 15) is 9.59 Å². The maximum atomic E-state index is 13.3. The van der Waals surface area contributed by atoms with Crippen molar-refractivity contribution in [3.05, 3.63) is 30.0 Å². The summed E-state index contributed by atoms with van der Waals surface area (Å²) in [6.07, 6.45) is 9.32. The second kappa shape index (κ2) is 10.3. The van der Waals surface area contributed by atoms with Crippen molar-refractivity contribution >= 4 is 35.0 Å². The normalized spacial score (nSPS) is 21.7. The zero-order valence-electron chi connectivity index (χ0n) is 20.9. The molecule has 0 saturated heterocycles. The molecule has 2 atom stereocenters. The van der Waals surface area contributed by atoms with Gasteiger partial charge in [0.1, 0.15) is 11.4 Å². The highest BCUT2D eigenvalue weighted by Gasteiger charge is 2.45. The molecule has 2 saturated carbocycles. The molecule has 1 aliphatic heterocycles. The van der Waals surface area contributed by atoms with Gasteiger partial charge in [0.2, 0.25) is 11.9 Å². The Morgan fingerprint density at radius 2 is 2.00 bits per heavy atom. The first-order valence-electron chi connectivity index (χ1n) is 12.8. The Bertz CT molecular complexity index is 1140. The molecule has 1 aromatic heterocycles. The molecule has 0 bridgehead atoms. The molecular weight excluding hydrogens is 460 g/mol. The van der Waals surface area contributed by atoms with Crippen molar-refractivity contribution in [1.82, 2.24) is 15.3 Å². The van der Waals surface area contributed by atoms with E-state index in [4.69, 9.17) is 14.8 Å². The molecule has 2 amide bonds. The van der Waals surface area contributed by atoms with E-state index in [-0.39, 0.29) is 36.9 Å². The summed E-state index contributed by atoms with van der Waals surface area (Å²) in [6, 6.07) is 5.61. The van der Waals surface area contributed by atoms with Crippen molar-refractivity contribution in [2.45, 2.75) is 57.0 Å². The molecule has 3 N–H and O–H groups in total. The van der Waals surface area contributed by atoms with Crippen molar-refractivity contribution in [2.75, 3.05) is 42.4 Å². The van der Waals surface area contributed by atoms with Crippen LogP contribution in [0.4, 0.5) is 23.1 Å². The lowest BCUT2D eigenvalue weighted by atomic mass is 9.99. The molecule has 10 heteroatoms. The molecule has 2 fully saturated rings. The highest BCUT2D eigenvalue weighted by atomic mass is 16.5. The Morgan fingerprint density at radius 3 is 2.75 bits per heavy atom. The molecule has 0 unspecified atom stereocenters. The zero-order valence-corrected chi connectivity index (χ0v) is 20.9. The van der Waals surface area contributed by atoms with Gasteiger partial charge < -0.3 is 30.3 Å². The van der Waals surface area contributed by atoms with Gasteiger partial charge in [-0.05, 0) is 43.9 Å². The van der Waals surface area contributed by atoms with Crippen LogP contribution >= 0.6 is 0 Å². The van der Waals surface area contributed by atoms with Crippen molar-refractivity contribution < 1.29 is 19.4 Å². The number of aliphatic hydroxyl groups is 1. The maximum absolute atomic E-state index is 13.3. The second-order valence-corrected chi connectivity index (χ2v) is 9.77. The molecule has 3 aliphatic rings. The van der Waals surface area contributed by atoms with Crippen LogP contribution in [0, 0.1) is 5.92 Å². The molecule has 1 aromatic carbocycles. The summed E-state index contributed by atoms with van der Waals surface area (Å²) in [5.74, 6) is 1.54. The van der Waals surface area contributed by atoms with E-state index < -0.39 is 0 Å². The predicted molar refractivity (Wildman–Crippen MR) is 137 cm³/mol. The highest BCUT2D eigenvalue weighted by Crippen LogP contribution is 2.45. The summed E-state index contributed by atoms with van der Waals surface area (Å²) in [5.41, 5.74) is 1.80. The van der Waals surface area contributed by atoms with Gasteiger partial charge in [0.05, 0.1) is 31.5 Å². The number of anilines is 4. The van der Waals surface area contributed by atoms with E-state index in [0.29, 0.717) is 29.0 Å². The molecule has 10 nitrogen and oxygen atoms in total. The van der Waals surface area contributed by atoms with Crippen LogP contribution in [0.2, 0.25) is 0 Å². The predicted octanol–water partition coefficient (Wildman–Crippen LogP) is 2.85. The molecule has 0 radical (unpaired) electrons. The molecular formula is C26H34N6O4. The van der Waals surface area contributed by atoms with Gasteiger partial charge in [0.25, 0.3) is 5.91 Å². The van der Waals surface area contributed by atoms with Crippen LogP contribution in [0.25, 0.3) is 0 Å². The number of carbonyl (C=O) groups excluding carboxylic acids is 2. The molecule has 192 valence electrons. The molecule has 2 aromatic rings. The average Bonchev–Trinajstić information content (AvgIpc) is 3.59. The van der Waals surface area contributed by atoms with Crippen molar-refractivity contribution in [1.29, 1.82) is 0 Å². The van der Waals surface area contributed by atoms with Gasteiger partial charge in [-0.15, -0.1) is 0 Å². The Hall–Kier alpha value is -3.40. The highest BCUT2D eigenvalue weighted by molar-refractivity contribution is 5.99. The van der Waals surface area contributed by atoms with Gasteiger partial charge in [-0.3, -0.25) is 9.59 Å². The molecule has 5 rings (SSSR count). The molecule has 2 aliphatic carbocycles. The quantitative estimate of drug-likeness (QED) is 0.538. The lowest BCUT2D eigenvalue weighted by Gasteiger charge is -2.36. The topological polar surface area (TPSA) is 120 Å². The Balaban J connectivity index is 1.48. The summed E-state index contributed by atoms with van der Waals surface area (Å²) < 4.78 is 5.53. The fourth-order valence-corrected chi connectivity index (χ4v) is 5.89. The van der Waals surface area contributed by atoms with Gasteiger partial charge in [-0.25, -0.2) is 4.98 Å². The van der Waals surface area contributed by atoms with Crippen LogP contribution < -0.4 is 25.2 Å². The van der Waals surface area contributed by atoms with Crippen LogP contribution in [0.3, 0.4) is 0 Å². The minimum absolute atomic E-state index is 0.00849. The van der Waals surface area contributed by atoms with Crippen LogP contribution in [0.5, 0.6) is 5.75 Å². The lowest BCUT2D eigenvalue weighted by Crippen LogP contribution is -2.46. The van der Waals surface area contributed by atoms with E-state index in [1.807, 2.05) is 7.05 Å². The smallest absolute Gasteiger partial charge is 0.251 e. The van der Waals surface area contributed by atoms with Crippen molar-refractivity contribution in [3.8, 4) is 5.75 Å². The van der Waals surface area contributed by atoms with Crippen LogP contribution in [0.15, 0.2) is 24.4 Å². The first-order chi connectivity index (χ1) is 17.5. The van der Waals surface area contributed by atoms with Gasteiger partial charge in [-0.1, -0.05) is 19.3 Å². The number of ether oxygens (including phenoxy) is 1. The number of benzene rings is 1. The lowest BCUT2D eigenvalue weighted by molar-refractivity contribution is -0.122. The molecule has 36 heavy (non-hydrogen) atoms. The van der Waals surface area contributed by atoms with Crippen LogP contribution in [-0.4, -0.2) is 66.3 Å². The van der Waals surface area contributed by atoms with E-state index >= 15 is 0 Å². The second-order valence-electron chi connectivity index (χ2n) is 9.77. The summed E-state index contributed by atoms with van der Waals surface area (Å²) in [5, 5.41) is 14.8. The summed E-state index contributed by atoms with van der Waals surface area (Å²) in [4.78, 5) is 39.3. The van der Waals surface area contributed by atoms with Gasteiger partial charge in [0.15, 0.2) is 5.82 Å². The number of hydrogen-bond acceptors (Lipinski definition) is 8. The number of aliphatic hydroxyl groups excluding tert-OH is 1. The first kappa shape index (κ1) is 24.3. The monoisotopic (exact) mass is 494 g/mol. The Morgan fingerprint density at radius 1 is 1.19 bits per heavy atom. The Labute approximate surface area is 211 Å². The van der Waals surface area contributed by atoms with Gasteiger partial charge in [0, 0.05) is 31.2 Å².